The minimum absolute atomic E-state index is 0.522. The maximum Gasteiger partial charge on any atom is 0.191 e. The molecule has 0 aliphatic heterocycles. The van der Waals surface area contributed by atoms with Crippen LogP contribution in [-0.4, -0.2) is 27.5 Å². The van der Waals surface area contributed by atoms with Crippen LogP contribution >= 0.6 is 11.3 Å². The number of thiazole rings is 1. The van der Waals surface area contributed by atoms with E-state index in [1.54, 1.807) is 17.5 Å². The third kappa shape index (κ3) is 4.77. The van der Waals surface area contributed by atoms with Crippen LogP contribution in [0.2, 0.25) is 0 Å². The van der Waals surface area contributed by atoms with E-state index >= 15 is 0 Å². The first kappa shape index (κ1) is 16.4. The predicted octanol–water partition coefficient (Wildman–Crippen LogP) is 2.11. The lowest BCUT2D eigenvalue weighted by molar-refractivity contribution is 0.803. The standard InChI is InChI=1S/C15H22N6S/c1-5-16-15(18-8-13-6-7-17-12(4)21-13)19-9-14-20-10(2)11(3)22-14/h6-7H,5,8-9H2,1-4H3,(H2,16,18,19). The van der Waals surface area contributed by atoms with Gasteiger partial charge in [0.15, 0.2) is 5.96 Å². The lowest BCUT2D eigenvalue weighted by Gasteiger charge is -2.10. The number of aromatic nitrogens is 3. The van der Waals surface area contributed by atoms with Crippen LogP contribution in [0.3, 0.4) is 0 Å². The molecule has 0 amide bonds. The van der Waals surface area contributed by atoms with Gasteiger partial charge in [-0.3, -0.25) is 0 Å². The number of rotatable bonds is 5. The Morgan fingerprint density at radius 3 is 2.68 bits per heavy atom. The van der Waals surface area contributed by atoms with Gasteiger partial charge >= 0.3 is 0 Å². The van der Waals surface area contributed by atoms with Gasteiger partial charge in [0.1, 0.15) is 10.8 Å². The summed E-state index contributed by atoms with van der Waals surface area (Å²) in [6, 6.07) is 1.88. The molecule has 0 unspecified atom stereocenters. The third-order valence-corrected chi connectivity index (χ3v) is 4.13. The Morgan fingerprint density at radius 2 is 2.05 bits per heavy atom. The van der Waals surface area contributed by atoms with Crippen molar-refractivity contribution < 1.29 is 0 Å². The minimum atomic E-state index is 0.522. The molecule has 118 valence electrons. The second-order valence-electron chi connectivity index (χ2n) is 4.89. The average Bonchev–Trinajstić information content (AvgIpc) is 2.81. The molecular weight excluding hydrogens is 296 g/mol. The van der Waals surface area contributed by atoms with Crippen LogP contribution < -0.4 is 10.6 Å². The van der Waals surface area contributed by atoms with E-state index in [0.717, 1.165) is 34.7 Å². The van der Waals surface area contributed by atoms with Gasteiger partial charge in [0, 0.05) is 17.6 Å². The van der Waals surface area contributed by atoms with Crippen molar-refractivity contribution in [2.24, 2.45) is 4.99 Å². The van der Waals surface area contributed by atoms with E-state index in [1.807, 2.05) is 26.8 Å². The molecule has 0 bridgehead atoms. The second kappa shape index (κ2) is 7.84. The van der Waals surface area contributed by atoms with Crippen molar-refractivity contribution in [2.45, 2.75) is 40.8 Å². The van der Waals surface area contributed by atoms with Crippen LogP contribution in [0.4, 0.5) is 0 Å². The molecule has 0 aromatic carbocycles. The first-order chi connectivity index (χ1) is 10.6. The zero-order chi connectivity index (χ0) is 15.9. The molecule has 0 saturated carbocycles. The van der Waals surface area contributed by atoms with Crippen molar-refractivity contribution >= 4 is 17.3 Å². The Morgan fingerprint density at radius 1 is 1.23 bits per heavy atom. The molecule has 2 aromatic heterocycles. The SMILES string of the molecule is CCNC(=NCc1ccnc(C)n1)NCc1nc(C)c(C)s1. The number of aliphatic imine (C=N–C) groups is 1. The van der Waals surface area contributed by atoms with E-state index in [0.29, 0.717) is 13.1 Å². The van der Waals surface area contributed by atoms with E-state index in [4.69, 9.17) is 0 Å². The van der Waals surface area contributed by atoms with E-state index in [9.17, 15) is 0 Å². The Hall–Kier alpha value is -2.02. The topological polar surface area (TPSA) is 75.1 Å². The maximum atomic E-state index is 4.55. The van der Waals surface area contributed by atoms with Gasteiger partial charge in [-0.05, 0) is 33.8 Å². The molecule has 7 heteroatoms. The Balaban J connectivity index is 1.97. The Labute approximate surface area is 135 Å². The summed E-state index contributed by atoms with van der Waals surface area (Å²) >= 11 is 1.71. The van der Waals surface area contributed by atoms with E-state index in [1.165, 1.54) is 4.88 Å². The number of aryl methyl sites for hydroxylation is 3. The van der Waals surface area contributed by atoms with Crippen molar-refractivity contribution in [1.29, 1.82) is 0 Å². The number of hydrogen-bond donors (Lipinski definition) is 2. The maximum absolute atomic E-state index is 4.55. The lowest BCUT2D eigenvalue weighted by Crippen LogP contribution is -2.36. The molecule has 0 spiro atoms. The molecule has 0 fully saturated rings. The molecular formula is C15H22N6S. The largest absolute Gasteiger partial charge is 0.357 e. The van der Waals surface area contributed by atoms with E-state index < -0.39 is 0 Å². The Kier molecular flexibility index (Phi) is 5.83. The van der Waals surface area contributed by atoms with Crippen molar-refractivity contribution in [3.8, 4) is 0 Å². The van der Waals surface area contributed by atoms with Gasteiger partial charge in [-0.2, -0.15) is 0 Å². The fourth-order valence-corrected chi connectivity index (χ4v) is 2.74. The van der Waals surface area contributed by atoms with Crippen LogP contribution in [0.15, 0.2) is 17.3 Å². The molecule has 2 rings (SSSR count). The molecule has 0 aliphatic carbocycles. The van der Waals surface area contributed by atoms with E-state index in [2.05, 4.69) is 37.5 Å². The van der Waals surface area contributed by atoms with Crippen LogP contribution in [0.5, 0.6) is 0 Å². The van der Waals surface area contributed by atoms with Crippen LogP contribution in [0.25, 0.3) is 0 Å². The van der Waals surface area contributed by atoms with Gasteiger partial charge in [0.2, 0.25) is 0 Å². The molecule has 0 atom stereocenters. The summed E-state index contributed by atoms with van der Waals surface area (Å²) in [5.41, 5.74) is 2.01. The molecule has 2 heterocycles. The highest BCUT2D eigenvalue weighted by Crippen LogP contribution is 2.15. The predicted molar refractivity (Wildman–Crippen MR) is 90.0 cm³/mol. The zero-order valence-corrected chi connectivity index (χ0v) is 14.3. The normalized spacial score (nSPS) is 11.5. The van der Waals surface area contributed by atoms with Crippen molar-refractivity contribution in [3.05, 3.63) is 39.4 Å². The van der Waals surface area contributed by atoms with E-state index in [-0.39, 0.29) is 0 Å². The Bertz CT molecular complexity index is 630. The van der Waals surface area contributed by atoms with Gasteiger partial charge in [0.25, 0.3) is 0 Å². The number of guanidine groups is 1. The fourth-order valence-electron chi connectivity index (χ4n) is 1.87. The molecule has 22 heavy (non-hydrogen) atoms. The summed E-state index contributed by atoms with van der Waals surface area (Å²) in [5, 5.41) is 7.61. The van der Waals surface area contributed by atoms with Crippen LogP contribution in [0.1, 0.15) is 34.0 Å². The summed E-state index contributed by atoms with van der Waals surface area (Å²) in [5.74, 6) is 1.53. The first-order valence-corrected chi connectivity index (χ1v) is 8.13. The zero-order valence-electron chi connectivity index (χ0n) is 13.5. The highest BCUT2D eigenvalue weighted by Gasteiger charge is 2.05. The molecule has 0 saturated heterocycles. The van der Waals surface area contributed by atoms with Gasteiger partial charge in [-0.15, -0.1) is 11.3 Å². The highest BCUT2D eigenvalue weighted by atomic mass is 32.1. The average molecular weight is 318 g/mol. The highest BCUT2D eigenvalue weighted by molar-refractivity contribution is 7.11. The van der Waals surface area contributed by atoms with Crippen LogP contribution in [0, 0.1) is 20.8 Å². The smallest absolute Gasteiger partial charge is 0.191 e. The molecule has 2 N–H and O–H groups in total. The summed E-state index contributed by atoms with van der Waals surface area (Å²) in [6.45, 7) is 10.1. The second-order valence-corrected chi connectivity index (χ2v) is 6.18. The summed E-state index contributed by atoms with van der Waals surface area (Å²) < 4.78 is 0. The molecule has 0 aliphatic rings. The van der Waals surface area contributed by atoms with Crippen LogP contribution in [-0.2, 0) is 13.1 Å². The monoisotopic (exact) mass is 318 g/mol. The molecule has 6 nitrogen and oxygen atoms in total. The number of hydrogen-bond acceptors (Lipinski definition) is 5. The number of nitrogens with zero attached hydrogens (tertiary/aromatic N) is 4. The lowest BCUT2D eigenvalue weighted by atomic mass is 10.4. The summed E-state index contributed by atoms with van der Waals surface area (Å²) in [4.78, 5) is 18.8. The molecule has 0 radical (unpaired) electrons. The van der Waals surface area contributed by atoms with Crippen molar-refractivity contribution in [3.63, 3.8) is 0 Å². The first-order valence-electron chi connectivity index (χ1n) is 7.32. The summed E-state index contributed by atoms with van der Waals surface area (Å²) in [6.07, 6.45) is 1.76. The minimum Gasteiger partial charge on any atom is -0.357 e. The number of nitrogens with one attached hydrogen (secondary N) is 2. The quantitative estimate of drug-likeness (QED) is 0.652. The summed E-state index contributed by atoms with van der Waals surface area (Å²) in [7, 11) is 0. The van der Waals surface area contributed by atoms with Gasteiger partial charge in [0.05, 0.1) is 24.5 Å². The van der Waals surface area contributed by atoms with Crippen molar-refractivity contribution in [1.82, 2.24) is 25.6 Å². The van der Waals surface area contributed by atoms with Gasteiger partial charge in [-0.25, -0.2) is 19.9 Å². The third-order valence-electron chi connectivity index (χ3n) is 3.06. The molecule has 2 aromatic rings. The van der Waals surface area contributed by atoms with Gasteiger partial charge in [-0.1, -0.05) is 0 Å². The van der Waals surface area contributed by atoms with Crippen molar-refractivity contribution in [2.75, 3.05) is 6.54 Å². The van der Waals surface area contributed by atoms with Gasteiger partial charge < -0.3 is 10.6 Å². The fraction of sp³-hybridized carbons (Fsp3) is 0.467.